The Morgan fingerprint density at radius 3 is 1.44 bits per heavy atom. The zero-order chi connectivity index (χ0) is 18.5. The Balaban J connectivity index is 2.35. The molecule has 0 amide bonds. The number of alkyl halides is 3. The average molecular weight is 388 g/mol. The molecule has 2 aromatic carbocycles. The molecular weight excluding hydrogens is 372 g/mol. The molecule has 3 nitrogen and oxygen atoms in total. The van der Waals surface area contributed by atoms with Crippen molar-refractivity contribution in [3.63, 3.8) is 0 Å². The Hall–Kier alpha value is -1.69. The molecule has 0 bridgehead atoms. The molecule has 0 saturated heterocycles. The van der Waals surface area contributed by atoms with Crippen LogP contribution in [0, 0.1) is 0 Å². The molecule has 0 aliphatic carbocycles. The molecule has 1 heterocycles. The fraction of sp³-hybridized carbons (Fsp3) is 0.176. The van der Waals surface area contributed by atoms with E-state index < -0.39 is 22.5 Å². The van der Waals surface area contributed by atoms with Gasteiger partial charge < -0.3 is 0 Å². The molecule has 1 aliphatic rings. The molecule has 0 spiro atoms. The van der Waals surface area contributed by atoms with Crippen LogP contribution in [0.3, 0.4) is 0 Å². The molecule has 2 aromatic rings. The SMILES string of the molecule is CC1=C(C)P1(OS(=O)(=O)C(F)(F)F)(c1ccccc1)c1ccccc1. The van der Waals surface area contributed by atoms with E-state index >= 15 is 0 Å². The van der Waals surface area contributed by atoms with Crippen LogP contribution in [0.1, 0.15) is 13.8 Å². The molecule has 0 fully saturated rings. The van der Waals surface area contributed by atoms with E-state index in [-0.39, 0.29) is 0 Å². The van der Waals surface area contributed by atoms with Gasteiger partial charge in [-0.05, 0) is 0 Å². The van der Waals surface area contributed by atoms with Crippen LogP contribution in [-0.4, -0.2) is 13.9 Å². The van der Waals surface area contributed by atoms with Gasteiger partial charge in [0.2, 0.25) is 0 Å². The van der Waals surface area contributed by atoms with Gasteiger partial charge in [0.25, 0.3) is 0 Å². The van der Waals surface area contributed by atoms with Gasteiger partial charge in [0.15, 0.2) is 0 Å². The van der Waals surface area contributed by atoms with Crippen molar-refractivity contribution < 1.29 is 25.6 Å². The van der Waals surface area contributed by atoms with Crippen molar-refractivity contribution in [3.05, 3.63) is 71.3 Å². The van der Waals surface area contributed by atoms with E-state index in [1.165, 1.54) is 0 Å². The summed E-state index contributed by atoms with van der Waals surface area (Å²) >= 11 is 0. The quantitative estimate of drug-likeness (QED) is 0.581. The average Bonchev–Trinajstić information content (AvgIpc) is 3.06. The van der Waals surface area contributed by atoms with Crippen molar-refractivity contribution >= 4 is 27.6 Å². The van der Waals surface area contributed by atoms with Gasteiger partial charge in [-0.1, -0.05) is 0 Å². The first-order valence-electron chi connectivity index (χ1n) is 7.42. The van der Waals surface area contributed by atoms with Crippen LogP contribution in [0.4, 0.5) is 13.2 Å². The minimum absolute atomic E-state index is 0.447. The molecule has 0 N–H and O–H groups in total. The second-order valence-corrected chi connectivity index (χ2v) is 12.3. The van der Waals surface area contributed by atoms with E-state index in [1.54, 1.807) is 74.5 Å². The Kier molecular flexibility index (Phi) is 3.91. The number of hydrogen-bond acceptors (Lipinski definition) is 3. The Morgan fingerprint density at radius 2 is 1.16 bits per heavy atom. The summed E-state index contributed by atoms with van der Waals surface area (Å²) in [7, 11) is -5.80. The maximum atomic E-state index is 13.1. The Bertz CT molecular complexity index is 896. The van der Waals surface area contributed by atoms with Gasteiger partial charge in [-0.25, -0.2) is 0 Å². The van der Waals surface area contributed by atoms with Crippen LogP contribution in [0.25, 0.3) is 0 Å². The zero-order valence-corrected chi connectivity index (χ0v) is 15.2. The summed E-state index contributed by atoms with van der Waals surface area (Å²) in [5, 5.41) is 2.00. The summed E-state index contributed by atoms with van der Waals surface area (Å²) < 4.78 is 68.6. The number of rotatable bonds is 4. The second-order valence-electron chi connectivity index (χ2n) is 5.85. The standard InChI is InChI=1S/C17H16F3O3PS/c1-13-14(2)24(13,15-9-5-3-6-10-15,16-11-7-4-8-12-16)23-25(21,22)17(18,19)20/h3-12H,1-2H3. The van der Waals surface area contributed by atoms with Gasteiger partial charge in [0.05, 0.1) is 0 Å². The van der Waals surface area contributed by atoms with Crippen LogP contribution < -0.4 is 10.6 Å². The van der Waals surface area contributed by atoms with E-state index in [4.69, 9.17) is 3.97 Å². The minimum atomic E-state index is -5.80. The van der Waals surface area contributed by atoms with Gasteiger partial charge >= 0.3 is 144 Å². The Labute approximate surface area is 144 Å². The number of halogens is 3. The monoisotopic (exact) mass is 388 g/mol. The molecule has 0 radical (unpaired) electrons. The van der Waals surface area contributed by atoms with E-state index in [0.29, 0.717) is 21.2 Å². The van der Waals surface area contributed by atoms with Gasteiger partial charge in [0, 0.05) is 0 Å². The van der Waals surface area contributed by atoms with Crippen LogP contribution >= 0.6 is 6.83 Å². The van der Waals surface area contributed by atoms with Crippen LogP contribution in [-0.2, 0) is 14.1 Å². The van der Waals surface area contributed by atoms with Crippen LogP contribution in [0.2, 0.25) is 0 Å². The molecule has 0 atom stereocenters. The van der Waals surface area contributed by atoms with Gasteiger partial charge in [-0.3, -0.25) is 0 Å². The molecule has 3 rings (SSSR count). The van der Waals surface area contributed by atoms with Crippen molar-refractivity contribution in [3.8, 4) is 0 Å². The van der Waals surface area contributed by atoms with Crippen molar-refractivity contribution in [2.75, 3.05) is 0 Å². The van der Waals surface area contributed by atoms with Crippen molar-refractivity contribution in [2.24, 2.45) is 0 Å². The van der Waals surface area contributed by atoms with E-state index in [1.807, 2.05) is 0 Å². The topological polar surface area (TPSA) is 43.4 Å². The summed E-state index contributed by atoms with van der Waals surface area (Å²) in [5.74, 6) is 0. The second kappa shape index (κ2) is 5.40. The zero-order valence-electron chi connectivity index (χ0n) is 13.5. The molecule has 25 heavy (non-hydrogen) atoms. The fourth-order valence-corrected chi connectivity index (χ4v) is 11.9. The fourth-order valence-electron chi connectivity index (χ4n) is 3.39. The molecular formula is C17H16F3O3PS. The first-order valence-corrected chi connectivity index (χ1v) is 11.0. The van der Waals surface area contributed by atoms with Gasteiger partial charge in [0.1, 0.15) is 0 Å². The maximum absolute atomic E-state index is 13.1. The van der Waals surface area contributed by atoms with Gasteiger partial charge in [-0.2, -0.15) is 0 Å². The van der Waals surface area contributed by atoms with E-state index in [2.05, 4.69) is 0 Å². The predicted octanol–water partition coefficient (Wildman–Crippen LogP) is 4.24. The molecule has 0 saturated carbocycles. The molecule has 0 unspecified atom stereocenters. The molecule has 1 aliphatic heterocycles. The third-order valence-electron chi connectivity index (χ3n) is 4.78. The van der Waals surface area contributed by atoms with E-state index in [9.17, 15) is 21.6 Å². The molecule has 0 aromatic heterocycles. The third kappa shape index (κ3) is 2.23. The third-order valence-corrected chi connectivity index (χ3v) is 12.9. The van der Waals surface area contributed by atoms with E-state index in [0.717, 1.165) is 0 Å². The number of benzene rings is 2. The normalized spacial score (nSPS) is 20.6. The summed E-state index contributed by atoms with van der Waals surface area (Å²) in [6, 6.07) is 16.6. The van der Waals surface area contributed by atoms with Crippen LogP contribution in [0.15, 0.2) is 71.3 Å². The van der Waals surface area contributed by atoms with Crippen molar-refractivity contribution in [1.29, 1.82) is 0 Å². The Morgan fingerprint density at radius 1 is 0.800 bits per heavy atom. The van der Waals surface area contributed by atoms with Gasteiger partial charge in [-0.15, -0.1) is 0 Å². The number of allylic oxidation sites excluding steroid dienone is 2. The summed E-state index contributed by atoms with van der Waals surface area (Å²) in [6.45, 7) is -0.912. The molecule has 134 valence electrons. The summed E-state index contributed by atoms with van der Waals surface area (Å²) in [5.41, 5.74) is -5.50. The van der Waals surface area contributed by atoms with Crippen LogP contribution in [0.5, 0.6) is 0 Å². The van der Waals surface area contributed by atoms with Crippen molar-refractivity contribution in [1.82, 2.24) is 0 Å². The van der Waals surface area contributed by atoms with Crippen molar-refractivity contribution in [2.45, 2.75) is 19.4 Å². The summed E-state index contributed by atoms with van der Waals surface area (Å²) in [4.78, 5) is 0. The predicted molar refractivity (Wildman–Crippen MR) is 93.5 cm³/mol. The molecule has 8 heteroatoms. The first-order chi connectivity index (χ1) is 11.6. The number of hydrogen-bond donors (Lipinski definition) is 0. The summed E-state index contributed by atoms with van der Waals surface area (Å²) in [6.07, 6.45) is 0. The first kappa shape index (κ1) is 18.1.